The predicted octanol–water partition coefficient (Wildman–Crippen LogP) is 2.90. The van der Waals surface area contributed by atoms with Gasteiger partial charge in [-0.3, -0.25) is 9.20 Å². The molecule has 0 aliphatic heterocycles. The van der Waals surface area contributed by atoms with Gasteiger partial charge in [-0.05, 0) is 52.4 Å². The van der Waals surface area contributed by atoms with Crippen LogP contribution in [0.2, 0.25) is 0 Å². The highest BCUT2D eigenvalue weighted by atomic mass is 127. The minimum absolute atomic E-state index is 0. The fraction of sp³-hybridized carbons (Fsp3) is 0.933. The Kier molecular flexibility index (Phi) is 10.1. The van der Waals surface area contributed by atoms with Crippen molar-refractivity contribution < 1.29 is 4.21 Å². The molecule has 1 aliphatic carbocycles. The Labute approximate surface area is 149 Å². The second-order valence-electron chi connectivity index (χ2n) is 6.76. The molecule has 0 aromatic heterocycles. The first kappa shape index (κ1) is 21.1. The fourth-order valence-electron chi connectivity index (χ4n) is 2.36. The zero-order valence-corrected chi connectivity index (χ0v) is 17.2. The van der Waals surface area contributed by atoms with Crippen molar-refractivity contribution in [2.75, 3.05) is 19.3 Å². The molecule has 1 rings (SSSR count). The van der Waals surface area contributed by atoms with Crippen LogP contribution in [0.5, 0.6) is 0 Å². The molecule has 0 amide bonds. The lowest BCUT2D eigenvalue weighted by molar-refractivity contribution is 0.329. The average molecular weight is 429 g/mol. The van der Waals surface area contributed by atoms with Gasteiger partial charge in [-0.15, -0.1) is 24.0 Å². The lowest BCUT2D eigenvalue weighted by Crippen LogP contribution is -2.46. The van der Waals surface area contributed by atoms with Gasteiger partial charge in [0.1, 0.15) is 0 Å². The van der Waals surface area contributed by atoms with Gasteiger partial charge in [0.15, 0.2) is 5.96 Å². The van der Waals surface area contributed by atoms with E-state index in [0.29, 0.717) is 18.3 Å². The zero-order valence-electron chi connectivity index (χ0n) is 14.1. The number of aliphatic imine (C=N–C) groups is 1. The van der Waals surface area contributed by atoms with Crippen molar-refractivity contribution in [2.45, 2.75) is 64.2 Å². The first-order valence-corrected chi connectivity index (χ1v) is 9.00. The molecule has 0 radical (unpaired) electrons. The van der Waals surface area contributed by atoms with Crippen LogP contribution in [0, 0.1) is 5.92 Å². The number of rotatable bonds is 4. The van der Waals surface area contributed by atoms with Gasteiger partial charge in [0.25, 0.3) is 0 Å². The summed E-state index contributed by atoms with van der Waals surface area (Å²) in [7, 11) is 0.981. The summed E-state index contributed by atoms with van der Waals surface area (Å²) in [6.07, 6.45) is 5.02. The lowest BCUT2D eigenvalue weighted by Gasteiger charge is -2.28. The Morgan fingerprint density at radius 3 is 2.29 bits per heavy atom. The molecule has 2 N–H and O–H groups in total. The van der Waals surface area contributed by atoms with Gasteiger partial charge in [0.05, 0.1) is 0 Å². The lowest BCUT2D eigenvalue weighted by atomic mass is 9.87. The number of nitrogens with one attached hydrogen (secondary N) is 2. The highest BCUT2D eigenvalue weighted by Gasteiger charge is 2.20. The first-order chi connectivity index (χ1) is 9.32. The van der Waals surface area contributed by atoms with E-state index in [-0.39, 0.29) is 28.7 Å². The largest absolute Gasteiger partial charge is 0.355 e. The molecule has 1 unspecified atom stereocenters. The second kappa shape index (κ2) is 10.0. The van der Waals surface area contributed by atoms with Crippen LogP contribution >= 0.6 is 24.0 Å². The summed E-state index contributed by atoms with van der Waals surface area (Å²) in [5, 5.41) is 6.76. The molecule has 0 heterocycles. The summed E-state index contributed by atoms with van der Waals surface area (Å²) in [6.45, 7) is 9.07. The van der Waals surface area contributed by atoms with Crippen LogP contribution < -0.4 is 10.6 Å². The van der Waals surface area contributed by atoms with E-state index in [1.807, 2.05) is 20.8 Å². The van der Waals surface area contributed by atoms with Gasteiger partial charge >= 0.3 is 0 Å². The van der Waals surface area contributed by atoms with E-state index in [9.17, 15) is 4.21 Å². The van der Waals surface area contributed by atoms with Gasteiger partial charge in [-0.25, -0.2) is 0 Å². The maximum absolute atomic E-state index is 12.0. The van der Waals surface area contributed by atoms with Gasteiger partial charge in [0.2, 0.25) is 0 Å². The molecule has 1 aliphatic rings. The standard InChI is InChI=1S/C15H31N3OS.HI/c1-12-6-8-13(9-7-12)18-14(16-5)17-10-11-20(19)15(2,3)4;/h12-13H,6-11H2,1-5H3,(H2,16,17,18);1H. The van der Waals surface area contributed by atoms with Crippen LogP contribution in [-0.4, -0.2) is 40.3 Å². The molecule has 21 heavy (non-hydrogen) atoms. The van der Waals surface area contributed by atoms with Crippen LogP contribution in [0.4, 0.5) is 0 Å². The van der Waals surface area contributed by atoms with E-state index < -0.39 is 10.8 Å². The number of guanidine groups is 1. The maximum atomic E-state index is 12.0. The highest BCUT2D eigenvalue weighted by Crippen LogP contribution is 2.23. The van der Waals surface area contributed by atoms with Crippen molar-refractivity contribution in [1.29, 1.82) is 0 Å². The van der Waals surface area contributed by atoms with Crippen LogP contribution in [-0.2, 0) is 10.8 Å². The molecule has 1 saturated carbocycles. The maximum Gasteiger partial charge on any atom is 0.191 e. The van der Waals surface area contributed by atoms with Gasteiger partial charge < -0.3 is 10.6 Å². The van der Waals surface area contributed by atoms with E-state index in [2.05, 4.69) is 22.5 Å². The van der Waals surface area contributed by atoms with Crippen molar-refractivity contribution in [3.05, 3.63) is 0 Å². The SMILES string of the molecule is CN=C(NCCS(=O)C(C)(C)C)NC1CCC(C)CC1.I. The Bertz CT molecular complexity index is 347. The average Bonchev–Trinajstić information content (AvgIpc) is 2.38. The Hall–Kier alpha value is 0.150. The van der Waals surface area contributed by atoms with Crippen molar-refractivity contribution in [2.24, 2.45) is 10.9 Å². The Morgan fingerprint density at radius 1 is 1.24 bits per heavy atom. The molecular weight excluding hydrogens is 397 g/mol. The smallest absolute Gasteiger partial charge is 0.191 e. The van der Waals surface area contributed by atoms with Crippen LogP contribution in [0.25, 0.3) is 0 Å². The van der Waals surface area contributed by atoms with Gasteiger partial charge in [-0.1, -0.05) is 6.92 Å². The number of hydrogen-bond acceptors (Lipinski definition) is 2. The molecule has 0 bridgehead atoms. The third-order valence-electron chi connectivity index (χ3n) is 3.84. The summed E-state index contributed by atoms with van der Waals surface area (Å²) in [4.78, 5) is 4.26. The third-order valence-corrected chi connectivity index (χ3v) is 5.78. The summed E-state index contributed by atoms with van der Waals surface area (Å²) >= 11 is 0. The molecule has 4 nitrogen and oxygen atoms in total. The van der Waals surface area contributed by atoms with Crippen molar-refractivity contribution in [1.82, 2.24) is 10.6 Å². The van der Waals surface area contributed by atoms with E-state index >= 15 is 0 Å². The van der Waals surface area contributed by atoms with Crippen LogP contribution in [0.15, 0.2) is 4.99 Å². The Balaban J connectivity index is 0.00000400. The fourth-order valence-corrected chi connectivity index (χ4v) is 3.26. The van der Waals surface area contributed by atoms with E-state index in [0.717, 1.165) is 11.9 Å². The Morgan fingerprint density at radius 2 is 1.81 bits per heavy atom. The van der Waals surface area contributed by atoms with Crippen LogP contribution in [0.3, 0.4) is 0 Å². The second-order valence-corrected chi connectivity index (χ2v) is 9.09. The van der Waals surface area contributed by atoms with Crippen molar-refractivity contribution in [3.63, 3.8) is 0 Å². The predicted molar refractivity (Wildman–Crippen MR) is 104 cm³/mol. The monoisotopic (exact) mass is 429 g/mol. The number of halogens is 1. The van der Waals surface area contributed by atoms with E-state index in [1.165, 1.54) is 25.7 Å². The third kappa shape index (κ3) is 8.38. The van der Waals surface area contributed by atoms with Gasteiger partial charge in [-0.2, -0.15) is 0 Å². The van der Waals surface area contributed by atoms with Crippen molar-refractivity contribution >= 4 is 40.7 Å². The first-order valence-electron chi connectivity index (χ1n) is 7.68. The minimum Gasteiger partial charge on any atom is -0.355 e. The molecule has 1 fully saturated rings. The van der Waals surface area contributed by atoms with Crippen LogP contribution in [0.1, 0.15) is 53.4 Å². The molecule has 0 saturated heterocycles. The molecule has 6 heteroatoms. The molecule has 0 aromatic rings. The normalized spacial score (nSPS) is 24.9. The summed E-state index contributed by atoms with van der Waals surface area (Å²) in [5.74, 6) is 2.36. The van der Waals surface area contributed by atoms with E-state index in [4.69, 9.17) is 0 Å². The summed E-state index contributed by atoms with van der Waals surface area (Å²) < 4.78 is 11.8. The summed E-state index contributed by atoms with van der Waals surface area (Å²) in [6, 6.07) is 0.533. The highest BCUT2D eigenvalue weighted by molar-refractivity contribution is 14.0. The molecule has 1 atom stereocenters. The minimum atomic E-state index is -0.812. The number of hydrogen-bond donors (Lipinski definition) is 2. The van der Waals surface area contributed by atoms with Gasteiger partial charge in [0, 0.05) is 40.9 Å². The molecule has 0 spiro atoms. The van der Waals surface area contributed by atoms with E-state index in [1.54, 1.807) is 7.05 Å². The molecule has 126 valence electrons. The molecular formula is C15H32IN3OS. The molecule has 0 aromatic carbocycles. The topological polar surface area (TPSA) is 53.5 Å². The van der Waals surface area contributed by atoms with Crippen molar-refractivity contribution in [3.8, 4) is 0 Å². The summed E-state index contributed by atoms with van der Waals surface area (Å²) in [5.41, 5.74) is 0. The number of nitrogens with zero attached hydrogens (tertiary/aromatic N) is 1. The zero-order chi connectivity index (χ0) is 15.2. The quantitative estimate of drug-likeness (QED) is 0.411.